The molecule has 1 fully saturated rings. The van der Waals surface area contributed by atoms with Crippen LogP contribution in [-0.4, -0.2) is 30.4 Å². The molecule has 0 aromatic heterocycles. The van der Waals surface area contributed by atoms with Crippen molar-refractivity contribution >= 4 is 11.8 Å². The molecule has 0 saturated carbocycles. The number of rotatable bonds is 4. The van der Waals surface area contributed by atoms with Crippen molar-refractivity contribution in [3.05, 3.63) is 0 Å². The summed E-state index contributed by atoms with van der Waals surface area (Å²) in [6.45, 7) is 4.58. The van der Waals surface area contributed by atoms with Gasteiger partial charge in [-0.2, -0.15) is 0 Å². The molecule has 0 aromatic carbocycles. The molecule has 1 rings (SSSR count). The Morgan fingerprint density at radius 3 is 2.81 bits per heavy atom. The molecule has 1 unspecified atom stereocenters. The fourth-order valence-corrected chi connectivity index (χ4v) is 1.78. The number of carbonyl (C=O) groups is 2. The molecule has 1 aliphatic rings. The van der Waals surface area contributed by atoms with Gasteiger partial charge in [0, 0.05) is 19.0 Å². The quantitative estimate of drug-likeness (QED) is 0.619. The lowest BCUT2D eigenvalue weighted by atomic mass is 10.0. The largest absolute Gasteiger partial charge is 0.354 e. The maximum Gasteiger partial charge on any atom is 0.237 e. The lowest BCUT2D eigenvalue weighted by molar-refractivity contribution is -0.126. The van der Waals surface area contributed by atoms with Crippen LogP contribution in [0.2, 0.25) is 0 Å². The molecule has 1 heterocycles. The van der Waals surface area contributed by atoms with Gasteiger partial charge in [0.05, 0.1) is 6.04 Å². The van der Waals surface area contributed by atoms with E-state index in [1.807, 2.05) is 13.8 Å². The zero-order valence-corrected chi connectivity index (χ0v) is 9.95. The minimum absolute atomic E-state index is 0.0309. The Balaban J connectivity index is 2.30. The molecule has 4 N–H and O–H groups in total. The van der Waals surface area contributed by atoms with Gasteiger partial charge < -0.3 is 16.4 Å². The van der Waals surface area contributed by atoms with Crippen LogP contribution in [0.15, 0.2) is 0 Å². The summed E-state index contributed by atoms with van der Waals surface area (Å²) >= 11 is 0. The van der Waals surface area contributed by atoms with Crippen molar-refractivity contribution in [2.45, 2.75) is 45.2 Å². The molecule has 0 bridgehead atoms. The average Bonchev–Trinajstić information content (AvgIpc) is 2.20. The predicted molar refractivity (Wildman–Crippen MR) is 61.6 cm³/mol. The van der Waals surface area contributed by atoms with Crippen LogP contribution in [0.4, 0.5) is 0 Å². The first-order chi connectivity index (χ1) is 7.49. The van der Waals surface area contributed by atoms with E-state index in [1.165, 1.54) is 0 Å². The van der Waals surface area contributed by atoms with Gasteiger partial charge in [-0.1, -0.05) is 13.8 Å². The van der Waals surface area contributed by atoms with E-state index in [4.69, 9.17) is 5.73 Å². The molecule has 2 amide bonds. The van der Waals surface area contributed by atoms with Crippen molar-refractivity contribution < 1.29 is 9.59 Å². The van der Waals surface area contributed by atoms with E-state index < -0.39 is 6.04 Å². The number of nitrogens with one attached hydrogen (secondary N) is 2. The molecule has 1 aliphatic heterocycles. The van der Waals surface area contributed by atoms with E-state index in [2.05, 4.69) is 10.6 Å². The Kier molecular flexibility index (Phi) is 4.73. The van der Waals surface area contributed by atoms with Gasteiger partial charge in [0.15, 0.2) is 0 Å². The molecule has 5 heteroatoms. The standard InChI is InChI=1S/C11H21N3O2/c1-7(2)5-9(12)11(16)14-8-3-4-10(15)13-6-8/h7-9H,3-6,12H2,1-2H3,(H,13,15)(H,14,16)/t8?,9-/m0/s1. The normalized spacial score (nSPS) is 22.8. The van der Waals surface area contributed by atoms with E-state index in [-0.39, 0.29) is 17.9 Å². The average molecular weight is 227 g/mol. The second-order valence-electron chi connectivity index (χ2n) is 4.78. The second kappa shape index (κ2) is 5.84. The predicted octanol–water partition coefficient (Wildman–Crippen LogP) is -0.245. The van der Waals surface area contributed by atoms with Gasteiger partial charge in [-0.15, -0.1) is 0 Å². The molecule has 16 heavy (non-hydrogen) atoms. The van der Waals surface area contributed by atoms with Crippen LogP contribution < -0.4 is 16.4 Å². The smallest absolute Gasteiger partial charge is 0.237 e. The molecule has 0 radical (unpaired) electrons. The van der Waals surface area contributed by atoms with Crippen molar-refractivity contribution in [1.29, 1.82) is 0 Å². The van der Waals surface area contributed by atoms with Crippen LogP contribution in [-0.2, 0) is 9.59 Å². The third-order valence-electron chi connectivity index (χ3n) is 2.67. The maximum absolute atomic E-state index is 11.7. The number of amides is 2. The van der Waals surface area contributed by atoms with E-state index in [0.717, 1.165) is 0 Å². The Morgan fingerprint density at radius 2 is 2.31 bits per heavy atom. The Labute approximate surface area is 96.1 Å². The second-order valence-corrected chi connectivity index (χ2v) is 4.78. The van der Waals surface area contributed by atoms with Crippen LogP contribution >= 0.6 is 0 Å². The molecule has 0 spiro atoms. The first-order valence-corrected chi connectivity index (χ1v) is 5.81. The summed E-state index contributed by atoms with van der Waals surface area (Å²) in [5.74, 6) is 0.346. The van der Waals surface area contributed by atoms with Crippen molar-refractivity contribution in [1.82, 2.24) is 10.6 Å². The third kappa shape index (κ3) is 4.18. The fourth-order valence-electron chi connectivity index (χ4n) is 1.78. The SMILES string of the molecule is CC(C)C[C@H](N)C(=O)NC1CCC(=O)NC1. The molecule has 1 saturated heterocycles. The first kappa shape index (κ1) is 13.0. The van der Waals surface area contributed by atoms with Crippen LogP contribution in [0, 0.1) is 5.92 Å². The van der Waals surface area contributed by atoms with E-state index in [9.17, 15) is 9.59 Å². The third-order valence-corrected chi connectivity index (χ3v) is 2.67. The number of hydrogen-bond acceptors (Lipinski definition) is 3. The van der Waals surface area contributed by atoms with Gasteiger partial charge >= 0.3 is 0 Å². The molecule has 92 valence electrons. The van der Waals surface area contributed by atoms with Gasteiger partial charge in [-0.05, 0) is 18.8 Å². The van der Waals surface area contributed by atoms with Gasteiger partial charge in [0.2, 0.25) is 11.8 Å². The zero-order valence-electron chi connectivity index (χ0n) is 9.95. The molecule has 5 nitrogen and oxygen atoms in total. The maximum atomic E-state index is 11.7. The Bertz CT molecular complexity index is 256. The Morgan fingerprint density at radius 1 is 1.62 bits per heavy atom. The van der Waals surface area contributed by atoms with Crippen molar-refractivity contribution in [2.75, 3.05) is 6.54 Å². The summed E-state index contributed by atoms with van der Waals surface area (Å²) in [7, 11) is 0. The molecule has 0 aliphatic carbocycles. The fraction of sp³-hybridized carbons (Fsp3) is 0.818. The van der Waals surface area contributed by atoms with Crippen LogP contribution in [0.25, 0.3) is 0 Å². The Hall–Kier alpha value is -1.10. The summed E-state index contributed by atoms with van der Waals surface area (Å²) in [6.07, 6.45) is 1.86. The summed E-state index contributed by atoms with van der Waals surface area (Å²) in [5, 5.41) is 5.59. The number of carbonyl (C=O) groups excluding carboxylic acids is 2. The summed E-state index contributed by atoms with van der Waals surface area (Å²) in [5.41, 5.74) is 5.76. The summed E-state index contributed by atoms with van der Waals surface area (Å²) < 4.78 is 0. The molecule has 0 aromatic rings. The van der Waals surface area contributed by atoms with Crippen LogP contribution in [0.1, 0.15) is 33.1 Å². The summed E-state index contributed by atoms with van der Waals surface area (Å²) in [4.78, 5) is 22.6. The van der Waals surface area contributed by atoms with E-state index in [0.29, 0.717) is 31.7 Å². The van der Waals surface area contributed by atoms with Gasteiger partial charge in [0.25, 0.3) is 0 Å². The lowest BCUT2D eigenvalue weighted by Crippen LogP contribution is -2.52. The van der Waals surface area contributed by atoms with E-state index >= 15 is 0 Å². The number of piperidine rings is 1. The minimum Gasteiger partial charge on any atom is -0.354 e. The molecule has 2 atom stereocenters. The number of nitrogens with two attached hydrogens (primary N) is 1. The number of hydrogen-bond donors (Lipinski definition) is 3. The molecular formula is C11H21N3O2. The highest BCUT2D eigenvalue weighted by Gasteiger charge is 2.22. The van der Waals surface area contributed by atoms with Gasteiger partial charge in [-0.3, -0.25) is 9.59 Å². The van der Waals surface area contributed by atoms with Crippen molar-refractivity contribution in [3.63, 3.8) is 0 Å². The lowest BCUT2D eigenvalue weighted by Gasteiger charge is -2.25. The van der Waals surface area contributed by atoms with Crippen molar-refractivity contribution in [2.24, 2.45) is 11.7 Å². The van der Waals surface area contributed by atoms with Crippen molar-refractivity contribution in [3.8, 4) is 0 Å². The zero-order chi connectivity index (χ0) is 12.1. The van der Waals surface area contributed by atoms with Gasteiger partial charge in [0.1, 0.15) is 0 Å². The highest BCUT2D eigenvalue weighted by atomic mass is 16.2. The van der Waals surface area contributed by atoms with Gasteiger partial charge in [-0.25, -0.2) is 0 Å². The minimum atomic E-state index is -0.447. The summed E-state index contributed by atoms with van der Waals surface area (Å²) in [6, 6.07) is -0.416. The monoisotopic (exact) mass is 227 g/mol. The van der Waals surface area contributed by atoms with E-state index in [1.54, 1.807) is 0 Å². The highest BCUT2D eigenvalue weighted by molar-refractivity contribution is 5.82. The first-order valence-electron chi connectivity index (χ1n) is 5.81. The molecular weight excluding hydrogens is 206 g/mol. The van der Waals surface area contributed by atoms with Crippen LogP contribution in [0.5, 0.6) is 0 Å². The topological polar surface area (TPSA) is 84.2 Å². The van der Waals surface area contributed by atoms with Crippen LogP contribution in [0.3, 0.4) is 0 Å². The highest BCUT2D eigenvalue weighted by Crippen LogP contribution is 2.05.